The molecule has 0 unspecified atom stereocenters. The van der Waals surface area contributed by atoms with Gasteiger partial charge in [-0.15, -0.1) is 0 Å². The topological polar surface area (TPSA) is 82.1 Å². The molecular weight excluding hydrogens is 386 g/mol. The van der Waals surface area contributed by atoms with Gasteiger partial charge < -0.3 is 23.2 Å². The number of carbonyl (C=O) groups excluding carboxylic acids is 2. The number of hydrogen-bond donors (Lipinski definition) is 0. The maximum atomic E-state index is 13.0. The monoisotopic (exact) mass is 409 g/mol. The fraction of sp³-hybridized carbons (Fsp3) is 0.304. The minimum absolute atomic E-state index is 0.0247. The minimum atomic E-state index is -0.479. The van der Waals surface area contributed by atoms with Crippen LogP contribution in [0.4, 0.5) is 5.69 Å². The highest BCUT2D eigenvalue weighted by atomic mass is 16.5. The average molecular weight is 409 g/mol. The van der Waals surface area contributed by atoms with Crippen molar-refractivity contribution in [2.45, 2.75) is 32.3 Å². The lowest BCUT2D eigenvalue weighted by Crippen LogP contribution is -2.36. The SMILES string of the molecule is COC(=O)c1ccoc1COc1cccc2c1N(C(=O)CCc1ccco1)CCC2. The lowest BCUT2D eigenvalue weighted by atomic mass is 10.0. The quantitative estimate of drug-likeness (QED) is 0.545. The van der Waals surface area contributed by atoms with Gasteiger partial charge in [-0.25, -0.2) is 4.79 Å². The van der Waals surface area contributed by atoms with Gasteiger partial charge in [-0.2, -0.15) is 0 Å². The Morgan fingerprint density at radius 3 is 2.80 bits per heavy atom. The third kappa shape index (κ3) is 4.10. The Kier molecular flexibility index (Phi) is 5.88. The third-order valence-corrected chi connectivity index (χ3v) is 5.16. The van der Waals surface area contributed by atoms with Crippen LogP contribution in [0.2, 0.25) is 0 Å². The van der Waals surface area contributed by atoms with E-state index in [1.54, 1.807) is 17.2 Å². The number of amides is 1. The Morgan fingerprint density at radius 1 is 1.10 bits per heavy atom. The number of carbonyl (C=O) groups is 2. The van der Waals surface area contributed by atoms with E-state index in [1.807, 2.05) is 30.3 Å². The van der Waals surface area contributed by atoms with E-state index in [2.05, 4.69) is 0 Å². The smallest absolute Gasteiger partial charge is 0.341 e. The van der Waals surface area contributed by atoms with Crippen LogP contribution in [0, 0.1) is 0 Å². The molecule has 0 bridgehead atoms. The fourth-order valence-corrected chi connectivity index (χ4v) is 3.69. The zero-order valence-electron chi connectivity index (χ0n) is 16.8. The molecule has 7 heteroatoms. The second-order valence-corrected chi connectivity index (χ2v) is 7.03. The van der Waals surface area contributed by atoms with Crippen LogP contribution in [-0.2, 0) is 29.0 Å². The number of methoxy groups -OCH3 is 1. The van der Waals surface area contributed by atoms with E-state index in [9.17, 15) is 9.59 Å². The maximum absolute atomic E-state index is 13.0. The first-order valence-electron chi connectivity index (χ1n) is 9.89. The highest BCUT2D eigenvalue weighted by Gasteiger charge is 2.26. The molecule has 156 valence electrons. The average Bonchev–Trinajstić information content (AvgIpc) is 3.47. The van der Waals surface area contributed by atoms with Crippen LogP contribution in [0.25, 0.3) is 0 Å². The van der Waals surface area contributed by atoms with Crippen molar-refractivity contribution in [1.82, 2.24) is 0 Å². The van der Waals surface area contributed by atoms with Crippen molar-refractivity contribution >= 4 is 17.6 Å². The van der Waals surface area contributed by atoms with E-state index in [0.29, 0.717) is 36.5 Å². The molecule has 30 heavy (non-hydrogen) atoms. The zero-order valence-corrected chi connectivity index (χ0v) is 16.8. The number of anilines is 1. The molecule has 3 aromatic rings. The van der Waals surface area contributed by atoms with Gasteiger partial charge in [0, 0.05) is 19.4 Å². The maximum Gasteiger partial charge on any atom is 0.341 e. The Hall–Kier alpha value is -3.48. The molecule has 4 rings (SSSR count). The molecule has 0 saturated carbocycles. The number of fused-ring (bicyclic) bond motifs is 1. The normalized spacial score (nSPS) is 13.0. The standard InChI is InChI=1S/C23H23NO6/c1-27-23(26)18-11-14-29-20(18)15-30-19-8-2-5-16-6-3-12-24(22(16)19)21(25)10-9-17-7-4-13-28-17/h2,4-5,7-8,11,13-14H,3,6,9-10,12,15H2,1H3. The van der Waals surface area contributed by atoms with Crippen LogP contribution in [0.3, 0.4) is 0 Å². The molecule has 0 saturated heterocycles. The summed E-state index contributed by atoms with van der Waals surface area (Å²) in [5, 5.41) is 0. The first-order valence-corrected chi connectivity index (χ1v) is 9.89. The molecule has 0 fully saturated rings. The summed E-state index contributed by atoms with van der Waals surface area (Å²) in [6.45, 7) is 0.695. The van der Waals surface area contributed by atoms with Crippen molar-refractivity contribution in [3.05, 3.63) is 71.6 Å². The third-order valence-electron chi connectivity index (χ3n) is 5.16. The van der Waals surface area contributed by atoms with Crippen molar-refractivity contribution in [2.24, 2.45) is 0 Å². The van der Waals surface area contributed by atoms with Crippen molar-refractivity contribution in [3.63, 3.8) is 0 Å². The number of ether oxygens (including phenoxy) is 2. The lowest BCUT2D eigenvalue weighted by molar-refractivity contribution is -0.118. The van der Waals surface area contributed by atoms with E-state index >= 15 is 0 Å². The second kappa shape index (κ2) is 8.90. The Bertz CT molecular complexity index is 1020. The molecule has 1 aromatic carbocycles. The molecule has 7 nitrogen and oxygen atoms in total. The molecule has 2 aromatic heterocycles. The van der Waals surface area contributed by atoms with Crippen molar-refractivity contribution < 1.29 is 27.9 Å². The van der Waals surface area contributed by atoms with E-state index in [-0.39, 0.29) is 12.5 Å². The Morgan fingerprint density at radius 2 is 2.00 bits per heavy atom. The summed E-state index contributed by atoms with van der Waals surface area (Å²) in [5.41, 5.74) is 2.19. The minimum Gasteiger partial charge on any atom is -0.483 e. The molecule has 1 aliphatic heterocycles. The molecule has 0 spiro atoms. The summed E-state index contributed by atoms with van der Waals surface area (Å²) in [5.74, 6) is 1.30. The van der Waals surface area contributed by atoms with Crippen LogP contribution in [0.1, 0.15) is 40.3 Å². The predicted octanol–water partition coefficient (Wildman–Crippen LogP) is 4.15. The first kappa shape index (κ1) is 19.8. The van der Waals surface area contributed by atoms with Gasteiger partial charge in [-0.3, -0.25) is 4.79 Å². The number of benzene rings is 1. The molecule has 0 N–H and O–H groups in total. The summed E-state index contributed by atoms with van der Waals surface area (Å²) in [6, 6.07) is 11.0. The Balaban J connectivity index is 1.52. The van der Waals surface area contributed by atoms with Crippen molar-refractivity contribution in [3.8, 4) is 5.75 Å². The number of nitrogens with zero attached hydrogens (tertiary/aromatic N) is 1. The van der Waals surface area contributed by atoms with Crippen LogP contribution >= 0.6 is 0 Å². The Labute approximate surface area is 174 Å². The number of aryl methyl sites for hydroxylation is 2. The molecule has 1 aliphatic rings. The molecule has 1 amide bonds. The molecule has 0 atom stereocenters. The number of furan rings is 2. The summed E-state index contributed by atoms with van der Waals surface area (Å²) in [6.07, 6.45) is 5.72. The van der Waals surface area contributed by atoms with E-state index in [1.165, 1.54) is 13.4 Å². The van der Waals surface area contributed by atoms with Gasteiger partial charge in [0.25, 0.3) is 0 Å². The van der Waals surface area contributed by atoms with Crippen molar-refractivity contribution in [1.29, 1.82) is 0 Å². The van der Waals surface area contributed by atoms with Crippen LogP contribution in [0.5, 0.6) is 5.75 Å². The molecular formula is C23H23NO6. The fourth-order valence-electron chi connectivity index (χ4n) is 3.69. The van der Waals surface area contributed by atoms with Gasteiger partial charge in [0.2, 0.25) is 5.91 Å². The summed E-state index contributed by atoms with van der Waals surface area (Å²) >= 11 is 0. The van der Waals surface area contributed by atoms with Gasteiger partial charge in [0.15, 0.2) is 5.76 Å². The summed E-state index contributed by atoms with van der Waals surface area (Å²) < 4.78 is 21.5. The predicted molar refractivity (Wildman–Crippen MR) is 109 cm³/mol. The lowest BCUT2D eigenvalue weighted by Gasteiger charge is -2.31. The zero-order chi connectivity index (χ0) is 20.9. The highest BCUT2D eigenvalue weighted by molar-refractivity contribution is 5.96. The molecule has 0 aliphatic carbocycles. The van der Waals surface area contributed by atoms with Gasteiger partial charge in [0.05, 0.1) is 25.3 Å². The van der Waals surface area contributed by atoms with E-state index < -0.39 is 5.97 Å². The number of hydrogen-bond acceptors (Lipinski definition) is 6. The van der Waals surface area contributed by atoms with Gasteiger partial charge in [-0.05, 0) is 42.7 Å². The second-order valence-electron chi connectivity index (χ2n) is 7.03. The number of esters is 1. The van der Waals surface area contributed by atoms with E-state index in [4.69, 9.17) is 18.3 Å². The van der Waals surface area contributed by atoms with E-state index in [0.717, 1.165) is 29.9 Å². The van der Waals surface area contributed by atoms with Gasteiger partial charge in [-0.1, -0.05) is 12.1 Å². The van der Waals surface area contributed by atoms with Gasteiger partial charge in [0.1, 0.15) is 23.7 Å². The van der Waals surface area contributed by atoms with Crippen LogP contribution in [-0.4, -0.2) is 25.5 Å². The molecule has 0 radical (unpaired) electrons. The molecule has 3 heterocycles. The van der Waals surface area contributed by atoms with Crippen LogP contribution in [0.15, 0.2) is 57.8 Å². The number of para-hydroxylation sites is 1. The summed E-state index contributed by atoms with van der Waals surface area (Å²) in [4.78, 5) is 26.6. The largest absolute Gasteiger partial charge is 0.483 e. The van der Waals surface area contributed by atoms with Crippen LogP contribution < -0.4 is 9.64 Å². The number of rotatable bonds is 7. The highest BCUT2D eigenvalue weighted by Crippen LogP contribution is 2.37. The first-order chi connectivity index (χ1) is 14.7. The van der Waals surface area contributed by atoms with Gasteiger partial charge >= 0.3 is 5.97 Å². The summed E-state index contributed by atoms with van der Waals surface area (Å²) in [7, 11) is 1.32. The van der Waals surface area contributed by atoms with Crippen molar-refractivity contribution in [2.75, 3.05) is 18.6 Å².